The van der Waals surface area contributed by atoms with Crippen LogP contribution in [-0.4, -0.2) is 21.8 Å². The van der Waals surface area contributed by atoms with Gasteiger partial charge < -0.3 is 5.32 Å². The molecule has 3 heteroatoms. The highest BCUT2D eigenvalue weighted by molar-refractivity contribution is 7.85. The molecule has 0 aromatic heterocycles. The average molecular weight is 235 g/mol. The van der Waals surface area contributed by atoms with Gasteiger partial charge in [0.15, 0.2) is 0 Å². The molecule has 2 nitrogen and oxygen atoms in total. The summed E-state index contributed by atoms with van der Waals surface area (Å²) in [5, 5.41) is 3.85. The van der Waals surface area contributed by atoms with Crippen molar-refractivity contribution in [2.24, 2.45) is 0 Å². The van der Waals surface area contributed by atoms with Crippen LogP contribution in [0.5, 0.6) is 0 Å². The molecule has 16 heavy (non-hydrogen) atoms. The van der Waals surface area contributed by atoms with Crippen molar-refractivity contribution in [3.8, 4) is 0 Å². The molecule has 0 saturated carbocycles. The first-order valence-corrected chi connectivity index (χ1v) is 7.35. The lowest BCUT2D eigenvalue weighted by Gasteiger charge is -2.39. The van der Waals surface area contributed by atoms with E-state index in [1.54, 1.807) is 0 Å². The fourth-order valence-electron chi connectivity index (χ4n) is 3.02. The predicted octanol–water partition coefficient (Wildman–Crippen LogP) is 1.96. The monoisotopic (exact) mass is 235 g/mol. The summed E-state index contributed by atoms with van der Waals surface area (Å²) in [6.07, 6.45) is 1.06. The van der Waals surface area contributed by atoms with Crippen LogP contribution in [0.3, 0.4) is 0 Å². The van der Waals surface area contributed by atoms with Crippen molar-refractivity contribution >= 4 is 10.8 Å². The largest absolute Gasteiger partial charge is 0.308 e. The highest BCUT2D eigenvalue weighted by Crippen LogP contribution is 2.40. The van der Waals surface area contributed by atoms with Crippen LogP contribution in [0.1, 0.15) is 36.4 Å². The predicted molar refractivity (Wildman–Crippen MR) is 67.0 cm³/mol. The Morgan fingerprint density at radius 2 is 2.06 bits per heavy atom. The number of hydrogen-bond acceptors (Lipinski definition) is 2. The highest BCUT2D eigenvalue weighted by Gasteiger charge is 2.38. The second-order valence-corrected chi connectivity index (χ2v) is 6.60. The summed E-state index contributed by atoms with van der Waals surface area (Å²) in [7, 11) is -0.647. The van der Waals surface area contributed by atoms with Gasteiger partial charge >= 0.3 is 0 Å². The van der Waals surface area contributed by atoms with Crippen LogP contribution in [-0.2, 0) is 10.8 Å². The zero-order valence-electron chi connectivity index (χ0n) is 9.48. The van der Waals surface area contributed by atoms with Crippen LogP contribution in [0.15, 0.2) is 24.3 Å². The minimum atomic E-state index is -0.647. The third-order valence-electron chi connectivity index (χ3n) is 3.82. The molecule has 1 aromatic carbocycles. The van der Waals surface area contributed by atoms with Gasteiger partial charge in [-0.15, -0.1) is 0 Å². The highest BCUT2D eigenvalue weighted by atomic mass is 32.2. The molecular formula is C13H17NOS. The lowest BCUT2D eigenvalue weighted by molar-refractivity contribution is 0.431. The molecule has 1 aliphatic carbocycles. The second-order valence-electron chi connectivity index (χ2n) is 4.82. The minimum absolute atomic E-state index is 0.318. The zero-order valence-corrected chi connectivity index (χ0v) is 10.3. The molecule has 0 amide bonds. The summed E-state index contributed by atoms with van der Waals surface area (Å²) in [5.41, 5.74) is 2.81. The summed E-state index contributed by atoms with van der Waals surface area (Å²) >= 11 is 0. The maximum atomic E-state index is 12.1. The molecule has 1 aliphatic heterocycles. The molecule has 86 valence electrons. The van der Waals surface area contributed by atoms with Gasteiger partial charge in [0.05, 0.1) is 5.25 Å². The lowest BCUT2D eigenvalue weighted by Crippen LogP contribution is -2.46. The van der Waals surface area contributed by atoms with Crippen LogP contribution < -0.4 is 5.32 Å². The molecule has 0 spiro atoms. The van der Waals surface area contributed by atoms with Crippen LogP contribution in [0.25, 0.3) is 0 Å². The molecule has 0 bridgehead atoms. The first-order valence-electron chi connectivity index (χ1n) is 5.97. The number of nitrogens with one attached hydrogen (secondary N) is 1. The second kappa shape index (κ2) is 3.97. The van der Waals surface area contributed by atoms with Crippen LogP contribution in [0.4, 0.5) is 0 Å². The third kappa shape index (κ3) is 1.54. The van der Waals surface area contributed by atoms with Crippen LogP contribution >= 0.6 is 0 Å². The molecule has 1 saturated heterocycles. The number of hydrogen-bond donors (Lipinski definition) is 1. The maximum absolute atomic E-state index is 12.1. The van der Waals surface area contributed by atoms with E-state index in [4.69, 9.17) is 0 Å². The smallest absolute Gasteiger partial charge is 0.0549 e. The Balaban J connectivity index is 2.06. The van der Waals surface area contributed by atoms with Crippen molar-refractivity contribution < 1.29 is 4.21 Å². The molecule has 0 radical (unpaired) electrons. The minimum Gasteiger partial charge on any atom is -0.308 e. The molecular weight excluding hydrogens is 218 g/mol. The van der Waals surface area contributed by atoms with Gasteiger partial charge in [0.2, 0.25) is 0 Å². The van der Waals surface area contributed by atoms with Gasteiger partial charge in [0.1, 0.15) is 0 Å². The Labute approximate surface area is 98.9 Å². The molecule has 4 atom stereocenters. The number of fused-ring (bicyclic) bond motifs is 3. The normalized spacial score (nSPS) is 37.6. The van der Waals surface area contributed by atoms with Gasteiger partial charge in [-0.3, -0.25) is 4.21 Å². The van der Waals surface area contributed by atoms with E-state index < -0.39 is 10.8 Å². The van der Waals surface area contributed by atoms with E-state index in [9.17, 15) is 4.21 Å². The topological polar surface area (TPSA) is 29.1 Å². The molecule has 1 N–H and O–H groups in total. The summed E-state index contributed by atoms with van der Waals surface area (Å²) < 4.78 is 12.1. The Bertz CT molecular complexity index is 432. The Morgan fingerprint density at radius 1 is 1.31 bits per heavy atom. The molecule has 1 fully saturated rings. The van der Waals surface area contributed by atoms with Crippen molar-refractivity contribution in [2.45, 2.75) is 30.6 Å². The summed E-state index contributed by atoms with van der Waals surface area (Å²) in [6, 6.07) is 8.93. The van der Waals surface area contributed by atoms with Gasteiger partial charge in [0, 0.05) is 29.1 Å². The van der Waals surface area contributed by atoms with Gasteiger partial charge in [-0.25, -0.2) is 0 Å². The molecule has 1 heterocycles. The Morgan fingerprint density at radius 3 is 2.88 bits per heavy atom. The number of benzene rings is 1. The maximum Gasteiger partial charge on any atom is 0.0549 e. The van der Waals surface area contributed by atoms with Crippen LogP contribution in [0, 0.1) is 0 Å². The molecule has 3 rings (SSSR count). The SMILES string of the molecule is CC1CC2C(NCCS2=O)c2ccccc21. The van der Waals surface area contributed by atoms with E-state index in [1.807, 2.05) is 0 Å². The van der Waals surface area contributed by atoms with Gasteiger partial charge in [-0.2, -0.15) is 0 Å². The quantitative estimate of drug-likeness (QED) is 0.745. The first-order chi connectivity index (χ1) is 7.77. The summed E-state index contributed by atoms with van der Waals surface area (Å²) in [5.74, 6) is 1.36. The van der Waals surface area contributed by atoms with Crippen molar-refractivity contribution in [1.29, 1.82) is 0 Å². The van der Waals surface area contributed by atoms with E-state index in [0.29, 0.717) is 17.2 Å². The number of rotatable bonds is 0. The van der Waals surface area contributed by atoms with Crippen molar-refractivity contribution in [1.82, 2.24) is 5.32 Å². The van der Waals surface area contributed by atoms with E-state index in [1.165, 1.54) is 11.1 Å². The lowest BCUT2D eigenvalue weighted by atomic mass is 9.80. The first kappa shape index (κ1) is 10.5. The summed E-state index contributed by atoms with van der Waals surface area (Å²) in [6.45, 7) is 3.14. The molecule has 4 unspecified atom stereocenters. The van der Waals surface area contributed by atoms with E-state index in [-0.39, 0.29) is 0 Å². The van der Waals surface area contributed by atoms with Crippen LogP contribution in [0.2, 0.25) is 0 Å². The average Bonchev–Trinajstić information content (AvgIpc) is 2.31. The van der Waals surface area contributed by atoms with E-state index >= 15 is 0 Å². The van der Waals surface area contributed by atoms with Gasteiger partial charge in [-0.05, 0) is 23.5 Å². The van der Waals surface area contributed by atoms with Crippen molar-refractivity contribution in [3.05, 3.63) is 35.4 Å². The molecule has 1 aromatic rings. The molecule has 2 aliphatic rings. The van der Waals surface area contributed by atoms with Crippen molar-refractivity contribution in [2.75, 3.05) is 12.3 Å². The van der Waals surface area contributed by atoms with E-state index in [2.05, 4.69) is 36.5 Å². The zero-order chi connectivity index (χ0) is 11.1. The van der Waals surface area contributed by atoms with Gasteiger partial charge in [0.25, 0.3) is 0 Å². The van der Waals surface area contributed by atoms with Crippen molar-refractivity contribution in [3.63, 3.8) is 0 Å². The fraction of sp³-hybridized carbons (Fsp3) is 0.538. The van der Waals surface area contributed by atoms with E-state index in [0.717, 1.165) is 18.7 Å². The summed E-state index contributed by atoms with van der Waals surface area (Å²) in [4.78, 5) is 0. The Kier molecular flexibility index (Phi) is 2.60. The standard InChI is InChI=1S/C13H17NOS/c1-9-8-12-13(14-6-7-16(12)15)11-5-3-2-4-10(9)11/h2-5,9,12-14H,6-8H2,1H3. The fourth-order valence-corrected chi connectivity index (χ4v) is 4.69. The Hall–Kier alpha value is -0.670. The van der Waals surface area contributed by atoms with Gasteiger partial charge in [-0.1, -0.05) is 31.2 Å². The third-order valence-corrected chi connectivity index (χ3v) is 5.57.